The van der Waals surface area contributed by atoms with Crippen molar-refractivity contribution in [2.24, 2.45) is 10.2 Å². The van der Waals surface area contributed by atoms with Gasteiger partial charge in [0.15, 0.2) is 5.69 Å². The Morgan fingerprint density at radius 3 is 2.75 bits per heavy atom. The summed E-state index contributed by atoms with van der Waals surface area (Å²) in [5.74, 6) is -1.30. The van der Waals surface area contributed by atoms with Crippen LogP contribution in [-0.4, -0.2) is 33.4 Å². The van der Waals surface area contributed by atoms with Gasteiger partial charge in [0.25, 0.3) is 11.8 Å². The molecule has 0 unspecified atom stereocenters. The van der Waals surface area contributed by atoms with Gasteiger partial charge >= 0.3 is 0 Å². The number of carbonyl (C=O) groups excluding carboxylic acids is 2. The third-order valence-corrected chi connectivity index (χ3v) is 3.22. The lowest BCUT2D eigenvalue weighted by Gasteiger charge is -2.00. The van der Waals surface area contributed by atoms with Crippen LogP contribution in [0.2, 0.25) is 0 Å². The van der Waals surface area contributed by atoms with Crippen molar-refractivity contribution in [3.63, 3.8) is 0 Å². The predicted octanol–water partition coefficient (Wildman–Crippen LogP) is 2.31. The summed E-state index contributed by atoms with van der Waals surface area (Å²) in [6, 6.07) is 12.0. The van der Waals surface area contributed by atoms with Gasteiger partial charge in [-0.15, -0.1) is 10.2 Å². The van der Waals surface area contributed by atoms with Crippen LogP contribution in [0.5, 0.6) is 5.88 Å². The molecule has 24 heavy (non-hydrogen) atoms. The first-order chi connectivity index (χ1) is 11.6. The molecule has 8 nitrogen and oxygen atoms in total. The second-order valence-corrected chi connectivity index (χ2v) is 4.86. The maximum absolute atomic E-state index is 11.8. The lowest BCUT2D eigenvalue weighted by atomic mass is 10.2. The van der Waals surface area contributed by atoms with E-state index in [1.165, 1.54) is 12.3 Å². The molecule has 0 saturated heterocycles. The zero-order valence-corrected chi connectivity index (χ0v) is 12.4. The number of hydrogen-bond acceptors (Lipinski definition) is 5. The van der Waals surface area contributed by atoms with E-state index in [-0.39, 0.29) is 23.8 Å². The Morgan fingerprint density at radius 1 is 1.17 bits per heavy atom. The van der Waals surface area contributed by atoms with Crippen molar-refractivity contribution in [3.05, 3.63) is 54.4 Å². The van der Waals surface area contributed by atoms with Gasteiger partial charge in [-0.05, 0) is 18.2 Å². The van der Waals surface area contributed by atoms with Gasteiger partial charge < -0.3 is 15.4 Å². The topological polar surface area (TPSA) is 120 Å². The van der Waals surface area contributed by atoms with Crippen LogP contribution >= 0.6 is 0 Å². The van der Waals surface area contributed by atoms with E-state index >= 15 is 0 Å². The van der Waals surface area contributed by atoms with Gasteiger partial charge in [0.05, 0.1) is 5.52 Å². The van der Waals surface area contributed by atoms with E-state index in [1.807, 2.05) is 0 Å². The number of nitrogens with zero attached hydrogens (tertiary/aromatic N) is 3. The Morgan fingerprint density at radius 2 is 1.96 bits per heavy atom. The average Bonchev–Trinajstić information content (AvgIpc) is 2.93. The van der Waals surface area contributed by atoms with Crippen molar-refractivity contribution >= 4 is 28.4 Å². The number of aromatic nitrogens is 2. The monoisotopic (exact) mass is 323 g/mol. The highest BCUT2D eigenvalue weighted by atomic mass is 16.3. The van der Waals surface area contributed by atoms with E-state index in [2.05, 4.69) is 25.5 Å². The normalized spacial score (nSPS) is 11.0. The third kappa shape index (κ3) is 3.27. The van der Waals surface area contributed by atoms with E-state index < -0.39 is 11.8 Å². The number of pyridine rings is 1. The van der Waals surface area contributed by atoms with Crippen LogP contribution in [-0.2, 0) is 4.79 Å². The first kappa shape index (κ1) is 15.3. The Hall–Kier alpha value is -3.55. The number of hydrogen-bond donors (Lipinski definition) is 3. The number of benzene rings is 1. The van der Waals surface area contributed by atoms with Gasteiger partial charge in [0.2, 0.25) is 5.88 Å². The number of amides is 2. The number of aromatic amines is 1. The Bertz CT molecular complexity index is 918. The molecule has 0 spiro atoms. The van der Waals surface area contributed by atoms with E-state index in [9.17, 15) is 14.7 Å². The predicted molar refractivity (Wildman–Crippen MR) is 86.1 cm³/mol. The number of H-pyrrole nitrogens is 1. The molecule has 0 saturated carbocycles. The molecular weight excluding hydrogens is 310 g/mol. The second-order valence-electron chi connectivity index (χ2n) is 4.86. The zero-order valence-electron chi connectivity index (χ0n) is 12.4. The number of rotatable bonds is 4. The van der Waals surface area contributed by atoms with Crippen LogP contribution in [0.4, 0.5) is 5.69 Å². The van der Waals surface area contributed by atoms with Crippen LogP contribution in [0.3, 0.4) is 0 Å². The van der Waals surface area contributed by atoms with Crippen molar-refractivity contribution in [2.75, 3.05) is 6.54 Å². The molecule has 2 amide bonds. The number of fused-ring (bicyclic) bond motifs is 1. The van der Waals surface area contributed by atoms with Crippen molar-refractivity contribution in [1.82, 2.24) is 15.3 Å². The maximum Gasteiger partial charge on any atom is 0.283 e. The van der Waals surface area contributed by atoms with Crippen LogP contribution < -0.4 is 5.32 Å². The summed E-state index contributed by atoms with van der Waals surface area (Å²) >= 11 is 0. The van der Waals surface area contributed by atoms with E-state index in [1.54, 1.807) is 36.4 Å². The minimum atomic E-state index is -0.649. The average molecular weight is 323 g/mol. The highest BCUT2D eigenvalue weighted by molar-refractivity contribution is 5.96. The van der Waals surface area contributed by atoms with Crippen molar-refractivity contribution < 1.29 is 14.7 Å². The number of carbonyl (C=O) groups is 2. The van der Waals surface area contributed by atoms with Crippen LogP contribution in [0, 0.1) is 0 Å². The highest BCUT2D eigenvalue weighted by Gasteiger charge is 2.11. The molecule has 0 aliphatic carbocycles. The van der Waals surface area contributed by atoms with Crippen molar-refractivity contribution in [3.8, 4) is 5.88 Å². The number of azo groups is 1. The number of aromatic hydroxyl groups is 1. The summed E-state index contributed by atoms with van der Waals surface area (Å²) in [5, 5.41) is 20.1. The summed E-state index contributed by atoms with van der Waals surface area (Å²) in [5.41, 5.74) is 1.06. The van der Waals surface area contributed by atoms with E-state index in [0.717, 1.165) is 0 Å². The largest absolute Gasteiger partial charge is 0.493 e. The van der Waals surface area contributed by atoms with E-state index in [0.29, 0.717) is 10.9 Å². The Labute approximate surface area is 136 Å². The molecule has 0 atom stereocenters. The molecule has 0 radical (unpaired) electrons. The van der Waals surface area contributed by atoms with Crippen molar-refractivity contribution in [2.45, 2.75) is 0 Å². The molecule has 2 heterocycles. The third-order valence-electron chi connectivity index (χ3n) is 3.22. The fourth-order valence-corrected chi connectivity index (χ4v) is 2.10. The molecule has 0 bridgehead atoms. The molecule has 120 valence electrons. The molecule has 2 aromatic heterocycles. The van der Waals surface area contributed by atoms with Gasteiger partial charge in [0, 0.05) is 11.6 Å². The van der Waals surface area contributed by atoms with Crippen LogP contribution in [0.25, 0.3) is 10.9 Å². The summed E-state index contributed by atoms with van der Waals surface area (Å²) in [4.78, 5) is 30.1. The lowest BCUT2D eigenvalue weighted by Crippen LogP contribution is -2.29. The summed E-state index contributed by atoms with van der Waals surface area (Å²) in [7, 11) is 0. The standard InChI is InChI=1S/C16H13N5O3/c22-13(9-18-15(23)12-7-3-4-8-17-12)20-21-14-10-5-1-2-6-11(10)19-16(14)24/h1-8,19,24H,9H2,(H,18,23). The minimum absolute atomic E-state index is 0.176. The summed E-state index contributed by atoms with van der Waals surface area (Å²) in [6.07, 6.45) is 1.48. The Kier molecular flexibility index (Phi) is 4.28. The fourth-order valence-electron chi connectivity index (χ4n) is 2.10. The van der Waals surface area contributed by atoms with Crippen molar-refractivity contribution in [1.29, 1.82) is 0 Å². The quantitative estimate of drug-likeness (QED) is 0.638. The zero-order chi connectivity index (χ0) is 16.9. The van der Waals surface area contributed by atoms with E-state index in [4.69, 9.17) is 0 Å². The molecule has 3 aromatic rings. The first-order valence-electron chi connectivity index (χ1n) is 7.08. The molecule has 3 rings (SSSR count). The molecule has 0 aliphatic heterocycles. The van der Waals surface area contributed by atoms with Gasteiger partial charge in [0.1, 0.15) is 12.2 Å². The maximum atomic E-state index is 11.8. The number of nitrogens with one attached hydrogen (secondary N) is 2. The first-order valence-corrected chi connectivity index (χ1v) is 7.08. The van der Waals surface area contributed by atoms with Gasteiger partial charge in [-0.3, -0.25) is 14.6 Å². The molecule has 0 aliphatic rings. The molecule has 1 aromatic carbocycles. The SMILES string of the molecule is O=C(CNC(=O)c1ccccn1)N=Nc1c(O)[nH]c2ccccc12. The fraction of sp³-hybridized carbons (Fsp3) is 0.0625. The van der Waals surface area contributed by atoms with Gasteiger partial charge in [-0.1, -0.05) is 24.3 Å². The molecular formula is C16H13N5O3. The Balaban J connectivity index is 1.65. The lowest BCUT2D eigenvalue weighted by molar-refractivity contribution is -0.117. The van der Waals surface area contributed by atoms with Gasteiger partial charge in [-0.2, -0.15) is 0 Å². The van der Waals surface area contributed by atoms with Crippen LogP contribution in [0.1, 0.15) is 10.5 Å². The van der Waals surface area contributed by atoms with Crippen LogP contribution in [0.15, 0.2) is 58.9 Å². The molecule has 3 N–H and O–H groups in total. The smallest absolute Gasteiger partial charge is 0.283 e. The summed E-state index contributed by atoms with van der Waals surface area (Å²) < 4.78 is 0. The number of para-hydroxylation sites is 1. The minimum Gasteiger partial charge on any atom is -0.493 e. The van der Waals surface area contributed by atoms with Gasteiger partial charge in [-0.25, -0.2) is 0 Å². The highest BCUT2D eigenvalue weighted by Crippen LogP contribution is 2.35. The molecule has 8 heteroatoms. The molecule has 0 fully saturated rings. The second kappa shape index (κ2) is 6.69. The summed E-state index contributed by atoms with van der Waals surface area (Å²) in [6.45, 7) is -0.317.